The summed E-state index contributed by atoms with van der Waals surface area (Å²) in [4.78, 5) is 35.9. The Morgan fingerprint density at radius 1 is 1.03 bits per heavy atom. The summed E-state index contributed by atoms with van der Waals surface area (Å²) in [6.45, 7) is 6.36. The Bertz CT molecular complexity index is 1010. The molecule has 0 saturated carbocycles. The third-order valence-corrected chi connectivity index (χ3v) is 4.27. The van der Waals surface area contributed by atoms with Crippen LogP contribution in [0, 0.1) is 5.92 Å². The number of nitrogens with zero attached hydrogens (tertiary/aromatic N) is 1. The minimum absolute atomic E-state index is 0.211. The molecule has 0 atom stereocenters. The third-order valence-electron chi connectivity index (χ3n) is 4.27. The van der Waals surface area contributed by atoms with Crippen LogP contribution in [-0.4, -0.2) is 50.8 Å². The van der Waals surface area contributed by atoms with E-state index in [-0.39, 0.29) is 24.2 Å². The lowest BCUT2D eigenvalue weighted by atomic mass is 10.2. The number of hydrogen-bond donors (Lipinski definition) is 3. The van der Waals surface area contributed by atoms with E-state index in [4.69, 9.17) is 14.2 Å². The van der Waals surface area contributed by atoms with Crippen LogP contribution in [-0.2, 0) is 14.4 Å². The predicted octanol–water partition coefficient (Wildman–Crippen LogP) is 2.33. The number of hydrogen-bond acceptors (Lipinski definition) is 7. The molecule has 3 amide bonds. The van der Waals surface area contributed by atoms with Gasteiger partial charge in [0.15, 0.2) is 18.1 Å². The number of ether oxygens (including phenoxy) is 3. The Morgan fingerprint density at radius 2 is 1.76 bits per heavy atom. The largest absolute Gasteiger partial charge is 0.494 e. The fraction of sp³-hybridized carbons (Fsp3) is 0.333. The molecule has 34 heavy (non-hydrogen) atoms. The number of para-hydroxylation sites is 1. The van der Waals surface area contributed by atoms with Gasteiger partial charge in [-0.3, -0.25) is 14.4 Å². The summed E-state index contributed by atoms with van der Waals surface area (Å²) in [6.07, 6.45) is 1.30. The minimum Gasteiger partial charge on any atom is -0.494 e. The molecule has 10 nitrogen and oxygen atoms in total. The van der Waals surface area contributed by atoms with Gasteiger partial charge in [-0.2, -0.15) is 5.10 Å². The van der Waals surface area contributed by atoms with Crippen LogP contribution in [0.5, 0.6) is 17.2 Å². The summed E-state index contributed by atoms with van der Waals surface area (Å²) in [7, 11) is 1.46. The van der Waals surface area contributed by atoms with Crippen molar-refractivity contribution in [3.63, 3.8) is 0 Å². The molecule has 10 heteroatoms. The lowest BCUT2D eigenvalue weighted by molar-refractivity contribution is -0.139. The number of benzene rings is 2. The van der Waals surface area contributed by atoms with Gasteiger partial charge in [-0.05, 0) is 49.2 Å². The average Bonchev–Trinajstić information content (AvgIpc) is 2.82. The topological polar surface area (TPSA) is 127 Å². The number of carbonyl (C=O) groups is 3. The van der Waals surface area contributed by atoms with E-state index >= 15 is 0 Å². The van der Waals surface area contributed by atoms with Gasteiger partial charge < -0.3 is 24.8 Å². The maximum atomic E-state index is 12.4. The molecule has 0 unspecified atom stereocenters. The number of nitrogens with one attached hydrogen (secondary N) is 3. The molecule has 2 rings (SSSR count). The Labute approximate surface area is 198 Å². The van der Waals surface area contributed by atoms with E-state index in [2.05, 4.69) is 21.2 Å². The zero-order valence-electron chi connectivity index (χ0n) is 19.7. The molecule has 0 aliphatic carbocycles. The summed E-state index contributed by atoms with van der Waals surface area (Å²) in [5, 5.41) is 9.05. The number of anilines is 1. The molecule has 0 saturated heterocycles. The van der Waals surface area contributed by atoms with Crippen LogP contribution in [0.3, 0.4) is 0 Å². The summed E-state index contributed by atoms with van der Waals surface area (Å²) in [5.41, 5.74) is 3.20. The van der Waals surface area contributed by atoms with Gasteiger partial charge in [-0.15, -0.1) is 0 Å². The summed E-state index contributed by atoms with van der Waals surface area (Å²) >= 11 is 0. The van der Waals surface area contributed by atoms with E-state index < -0.39 is 11.8 Å². The van der Waals surface area contributed by atoms with Crippen molar-refractivity contribution in [3.8, 4) is 17.2 Å². The lowest BCUT2D eigenvalue weighted by Crippen LogP contribution is -2.39. The SMILES string of the molecule is CCOc1ccc(NC(=O)COc2c(/C=N\NC(=O)C(=O)NCC(C)C)cccc2OC)cc1. The highest BCUT2D eigenvalue weighted by Crippen LogP contribution is 2.30. The Morgan fingerprint density at radius 3 is 2.41 bits per heavy atom. The van der Waals surface area contributed by atoms with Crippen LogP contribution < -0.4 is 30.3 Å². The van der Waals surface area contributed by atoms with Gasteiger partial charge in [0.1, 0.15) is 5.75 Å². The summed E-state index contributed by atoms with van der Waals surface area (Å²) in [5.74, 6) is -0.500. The second-order valence-electron chi connectivity index (χ2n) is 7.48. The molecule has 182 valence electrons. The highest BCUT2D eigenvalue weighted by molar-refractivity contribution is 6.35. The van der Waals surface area contributed by atoms with E-state index in [1.54, 1.807) is 42.5 Å². The number of methoxy groups -OCH3 is 1. The molecule has 0 bridgehead atoms. The molecule has 0 aromatic heterocycles. The van der Waals surface area contributed by atoms with Gasteiger partial charge in [-0.1, -0.05) is 19.9 Å². The van der Waals surface area contributed by atoms with Gasteiger partial charge in [0.05, 0.1) is 19.9 Å². The Hall–Kier alpha value is -4.08. The molecule has 0 fully saturated rings. The second-order valence-corrected chi connectivity index (χ2v) is 7.48. The first-order valence-electron chi connectivity index (χ1n) is 10.8. The fourth-order valence-electron chi connectivity index (χ4n) is 2.67. The van der Waals surface area contributed by atoms with E-state index in [0.29, 0.717) is 35.9 Å². The van der Waals surface area contributed by atoms with Crippen molar-refractivity contribution in [2.24, 2.45) is 11.0 Å². The van der Waals surface area contributed by atoms with Crippen molar-refractivity contribution in [3.05, 3.63) is 48.0 Å². The summed E-state index contributed by atoms with van der Waals surface area (Å²) in [6, 6.07) is 12.0. The summed E-state index contributed by atoms with van der Waals surface area (Å²) < 4.78 is 16.4. The second kappa shape index (κ2) is 13.5. The van der Waals surface area contributed by atoms with E-state index in [9.17, 15) is 14.4 Å². The van der Waals surface area contributed by atoms with E-state index in [1.807, 2.05) is 20.8 Å². The first-order valence-corrected chi connectivity index (χ1v) is 10.8. The first-order chi connectivity index (χ1) is 16.3. The first kappa shape index (κ1) is 26.2. The number of hydrazone groups is 1. The van der Waals surface area contributed by atoms with E-state index in [0.717, 1.165) is 0 Å². The molecule has 3 N–H and O–H groups in total. The molecule has 2 aromatic carbocycles. The molecule has 2 aromatic rings. The Kier molecular flexibility index (Phi) is 10.4. The molecular weight excluding hydrogens is 440 g/mol. The maximum Gasteiger partial charge on any atom is 0.329 e. The van der Waals surface area contributed by atoms with Gasteiger partial charge in [0.2, 0.25) is 0 Å². The van der Waals surface area contributed by atoms with Gasteiger partial charge in [0.25, 0.3) is 5.91 Å². The minimum atomic E-state index is -0.892. The number of carbonyl (C=O) groups excluding carboxylic acids is 3. The number of amides is 3. The molecular formula is C24H30N4O6. The quantitative estimate of drug-likeness (QED) is 0.263. The van der Waals surface area contributed by atoms with Crippen molar-refractivity contribution in [1.82, 2.24) is 10.7 Å². The molecule has 0 aliphatic heterocycles. The van der Waals surface area contributed by atoms with Crippen LogP contribution in [0.15, 0.2) is 47.6 Å². The fourth-order valence-corrected chi connectivity index (χ4v) is 2.67. The molecule has 0 spiro atoms. The molecule has 0 radical (unpaired) electrons. The van der Waals surface area contributed by atoms with Gasteiger partial charge in [-0.25, -0.2) is 5.43 Å². The highest BCUT2D eigenvalue weighted by Gasteiger charge is 2.14. The molecule has 0 heterocycles. The normalized spacial score (nSPS) is 10.6. The maximum absolute atomic E-state index is 12.4. The number of rotatable bonds is 11. The van der Waals surface area contributed by atoms with Crippen molar-refractivity contribution < 1.29 is 28.6 Å². The van der Waals surface area contributed by atoms with Gasteiger partial charge >= 0.3 is 11.8 Å². The monoisotopic (exact) mass is 470 g/mol. The van der Waals surface area contributed by atoms with Crippen molar-refractivity contribution in [1.29, 1.82) is 0 Å². The lowest BCUT2D eigenvalue weighted by Gasteiger charge is -2.13. The van der Waals surface area contributed by atoms with Crippen LogP contribution in [0.2, 0.25) is 0 Å². The zero-order chi connectivity index (χ0) is 24.9. The predicted molar refractivity (Wildman–Crippen MR) is 128 cm³/mol. The van der Waals surface area contributed by atoms with Crippen LogP contribution in [0.1, 0.15) is 26.3 Å². The zero-order valence-corrected chi connectivity index (χ0v) is 19.7. The Balaban J connectivity index is 1.99. The van der Waals surface area contributed by atoms with Gasteiger partial charge in [0, 0.05) is 17.8 Å². The standard InChI is InChI=1S/C24H30N4O6/c1-5-33-19-11-9-18(10-12-19)27-21(29)15-34-22-17(7-6-8-20(22)32-4)14-26-28-24(31)23(30)25-13-16(2)3/h6-12,14,16H,5,13,15H2,1-4H3,(H,25,30)(H,27,29)(H,28,31)/b26-14-. The van der Waals surface area contributed by atoms with Crippen LogP contribution in [0.25, 0.3) is 0 Å². The van der Waals surface area contributed by atoms with Crippen LogP contribution in [0.4, 0.5) is 5.69 Å². The van der Waals surface area contributed by atoms with Crippen LogP contribution >= 0.6 is 0 Å². The average molecular weight is 471 g/mol. The van der Waals surface area contributed by atoms with Crippen molar-refractivity contribution >= 4 is 29.6 Å². The molecule has 0 aliphatic rings. The van der Waals surface area contributed by atoms with E-state index in [1.165, 1.54) is 13.3 Å². The van der Waals surface area contributed by atoms with Crippen molar-refractivity contribution in [2.45, 2.75) is 20.8 Å². The smallest absolute Gasteiger partial charge is 0.329 e. The highest BCUT2D eigenvalue weighted by atomic mass is 16.5. The van der Waals surface area contributed by atoms with Crippen molar-refractivity contribution in [2.75, 3.05) is 32.2 Å². The third kappa shape index (κ3) is 8.45.